The number of nitrogens with zero attached hydrogens (tertiary/aromatic N) is 1. The molecule has 4 aromatic rings. The summed E-state index contributed by atoms with van der Waals surface area (Å²) in [5, 5.41) is 5.40. The average Bonchev–Trinajstić information content (AvgIpc) is 3.04. The molecule has 0 N–H and O–H groups in total. The van der Waals surface area contributed by atoms with Gasteiger partial charge in [-0.3, -0.25) is 4.99 Å². The molecule has 0 aromatic heterocycles. The van der Waals surface area contributed by atoms with Crippen molar-refractivity contribution in [1.29, 1.82) is 0 Å². The molecule has 1 aliphatic heterocycles. The average molecular weight is 420 g/mol. The summed E-state index contributed by atoms with van der Waals surface area (Å²) in [6, 6.07) is 30.9. The van der Waals surface area contributed by atoms with Crippen molar-refractivity contribution < 1.29 is 0 Å². The van der Waals surface area contributed by atoms with Crippen molar-refractivity contribution in [3.63, 3.8) is 0 Å². The van der Waals surface area contributed by atoms with Crippen LogP contribution in [0.3, 0.4) is 0 Å². The fourth-order valence-electron chi connectivity index (χ4n) is 5.02. The predicted octanol–water partition coefficient (Wildman–Crippen LogP) is 7.39. The van der Waals surface area contributed by atoms with Gasteiger partial charge in [-0.1, -0.05) is 101 Å². The van der Waals surface area contributed by atoms with Crippen molar-refractivity contribution in [1.82, 2.24) is 0 Å². The van der Waals surface area contributed by atoms with Gasteiger partial charge in [0.2, 0.25) is 0 Å². The highest BCUT2D eigenvalue weighted by atomic mass is 28.3. The Bertz CT molecular complexity index is 1320. The number of aliphatic imine (C=N–C) groups is 1. The van der Waals surface area contributed by atoms with Crippen LogP contribution < -0.4 is 5.19 Å². The Labute approximate surface area is 186 Å². The second-order valence-electron chi connectivity index (χ2n) is 10.1. The minimum Gasteiger partial charge on any atom is -0.257 e. The molecule has 0 aliphatic carbocycles. The Hall–Kier alpha value is -2.97. The van der Waals surface area contributed by atoms with E-state index in [2.05, 4.69) is 119 Å². The normalized spacial score (nSPS) is 15.1. The Kier molecular flexibility index (Phi) is 4.53. The zero-order valence-corrected chi connectivity index (χ0v) is 20.0. The highest BCUT2D eigenvalue weighted by molar-refractivity contribution is 7.18. The molecule has 0 unspecified atom stereocenters. The van der Waals surface area contributed by atoms with Gasteiger partial charge in [-0.25, -0.2) is 0 Å². The van der Waals surface area contributed by atoms with Gasteiger partial charge in [0.05, 0.1) is 5.69 Å². The van der Waals surface area contributed by atoms with E-state index < -0.39 is 8.07 Å². The Morgan fingerprint density at radius 3 is 2.16 bits per heavy atom. The molecule has 1 nitrogen and oxygen atoms in total. The number of benzene rings is 4. The Balaban J connectivity index is 1.72. The summed E-state index contributed by atoms with van der Waals surface area (Å²) in [5.74, 6) is 0. The van der Waals surface area contributed by atoms with E-state index in [0.29, 0.717) is 0 Å². The fraction of sp³-hybridized carbons (Fsp3) is 0.207. The molecule has 0 fully saturated rings. The molecule has 0 saturated heterocycles. The van der Waals surface area contributed by atoms with Crippen LogP contribution in [0.4, 0.5) is 5.69 Å². The SMILES string of the molecule is CC(C)(C)c1cc(C2=Nc3cccc(-c4ccccc4)c3[Si]2(C)C)cc2ccccc12. The third-order valence-corrected chi connectivity index (χ3v) is 9.88. The third-order valence-electron chi connectivity index (χ3n) is 6.52. The van der Waals surface area contributed by atoms with E-state index in [9.17, 15) is 0 Å². The van der Waals surface area contributed by atoms with E-state index in [1.807, 2.05) is 0 Å². The Morgan fingerprint density at radius 1 is 0.710 bits per heavy atom. The first-order valence-corrected chi connectivity index (χ1v) is 14.1. The highest BCUT2D eigenvalue weighted by Crippen LogP contribution is 2.37. The molecular weight excluding hydrogens is 390 g/mol. The van der Waals surface area contributed by atoms with Gasteiger partial charge in [-0.15, -0.1) is 0 Å². The number of rotatable bonds is 2. The summed E-state index contributed by atoms with van der Waals surface area (Å²) < 4.78 is 0. The minimum absolute atomic E-state index is 0.0720. The quantitative estimate of drug-likeness (QED) is 0.300. The molecule has 31 heavy (non-hydrogen) atoms. The summed E-state index contributed by atoms with van der Waals surface area (Å²) in [4.78, 5) is 5.27. The molecule has 0 radical (unpaired) electrons. The van der Waals surface area contributed by atoms with Crippen molar-refractivity contribution in [2.24, 2.45) is 4.99 Å². The van der Waals surface area contributed by atoms with Crippen LogP contribution in [0, 0.1) is 0 Å². The van der Waals surface area contributed by atoms with Crippen LogP contribution in [0.15, 0.2) is 89.9 Å². The zero-order valence-electron chi connectivity index (χ0n) is 19.0. The van der Waals surface area contributed by atoms with Crippen LogP contribution in [0.25, 0.3) is 21.9 Å². The third kappa shape index (κ3) is 3.26. The lowest BCUT2D eigenvalue weighted by Crippen LogP contribution is -2.47. The van der Waals surface area contributed by atoms with Gasteiger partial charge < -0.3 is 0 Å². The molecule has 0 atom stereocenters. The molecule has 0 spiro atoms. The van der Waals surface area contributed by atoms with Crippen LogP contribution >= 0.6 is 0 Å². The fourth-order valence-corrected chi connectivity index (χ4v) is 8.20. The molecule has 1 aliphatic rings. The van der Waals surface area contributed by atoms with E-state index in [1.54, 1.807) is 0 Å². The molecule has 0 amide bonds. The van der Waals surface area contributed by atoms with E-state index in [0.717, 1.165) is 5.69 Å². The second kappa shape index (κ2) is 7.03. The summed E-state index contributed by atoms with van der Waals surface area (Å²) >= 11 is 0. The van der Waals surface area contributed by atoms with E-state index >= 15 is 0 Å². The van der Waals surface area contributed by atoms with Gasteiger partial charge >= 0.3 is 0 Å². The van der Waals surface area contributed by atoms with Crippen molar-refractivity contribution in [2.75, 3.05) is 0 Å². The van der Waals surface area contributed by atoms with Gasteiger partial charge in [0.25, 0.3) is 0 Å². The smallest absolute Gasteiger partial charge is 0.139 e. The van der Waals surface area contributed by atoms with Gasteiger partial charge in [0, 0.05) is 5.33 Å². The second-order valence-corrected chi connectivity index (χ2v) is 14.4. The van der Waals surface area contributed by atoms with E-state index in [-0.39, 0.29) is 5.41 Å². The summed E-state index contributed by atoms with van der Waals surface area (Å²) in [5.41, 5.74) is 6.53. The Morgan fingerprint density at radius 2 is 1.42 bits per heavy atom. The number of fused-ring (bicyclic) bond motifs is 2. The lowest BCUT2D eigenvalue weighted by Gasteiger charge is -2.26. The van der Waals surface area contributed by atoms with Crippen LogP contribution in [0.5, 0.6) is 0 Å². The van der Waals surface area contributed by atoms with E-state index in [1.165, 1.54) is 43.5 Å². The lowest BCUT2D eigenvalue weighted by molar-refractivity contribution is 0.596. The molecule has 4 aromatic carbocycles. The molecule has 1 heterocycles. The first-order chi connectivity index (χ1) is 14.8. The monoisotopic (exact) mass is 419 g/mol. The largest absolute Gasteiger partial charge is 0.257 e. The molecule has 5 rings (SSSR count). The van der Waals surface area contributed by atoms with Crippen molar-refractivity contribution in [2.45, 2.75) is 39.3 Å². The molecule has 0 bridgehead atoms. The van der Waals surface area contributed by atoms with Crippen LogP contribution in [0.1, 0.15) is 31.9 Å². The van der Waals surface area contributed by atoms with Crippen molar-refractivity contribution in [3.05, 3.63) is 96.1 Å². The van der Waals surface area contributed by atoms with Crippen LogP contribution in [0.2, 0.25) is 13.1 Å². The molecule has 0 saturated carbocycles. The minimum atomic E-state index is -1.98. The number of hydrogen-bond donors (Lipinski definition) is 0. The van der Waals surface area contributed by atoms with Crippen molar-refractivity contribution in [3.8, 4) is 11.1 Å². The molecule has 2 heteroatoms. The van der Waals surface area contributed by atoms with E-state index in [4.69, 9.17) is 4.99 Å². The molecule has 154 valence electrons. The maximum absolute atomic E-state index is 5.27. The first-order valence-electron chi connectivity index (χ1n) is 11.1. The summed E-state index contributed by atoms with van der Waals surface area (Å²) in [7, 11) is -1.98. The lowest BCUT2D eigenvalue weighted by atomic mass is 9.82. The van der Waals surface area contributed by atoms with Gasteiger partial charge in [0.15, 0.2) is 0 Å². The first kappa shape index (κ1) is 20.0. The predicted molar refractivity (Wildman–Crippen MR) is 138 cm³/mol. The topological polar surface area (TPSA) is 12.4 Å². The van der Waals surface area contributed by atoms with Crippen molar-refractivity contribution >= 4 is 35.1 Å². The highest BCUT2D eigenvalue weighted by Gasteiger charge is 2.40. The maximum Gasteiger partial charge on any atom is 0.139 e. The van der Waals surface area contributed by atoms with Crippen LogP contribution in [-0.2, 0) is 5.41 Å². The summed E-state index contributed by atoms with van der Waals surface area (Å²) in [6.45, 7) is 11.8. The molecular formula is C29H29NSi. The van der Waals surface area contributed by atoms with Crippen LogP contribution in [-0.4, -0.2) is 13.4 Å². The standard InChI is InChI=1S/C29H29NSi/c1-29(2,3)25-19-22(18-21-14-9-10-15-23(21)25)28-30-26-17-11-16-24(27(26)31(28,4)5)20-12-7-6-8-13-20/h6-19H,1-5H3. The maximum atomic E-state index is 5.27. The van der Waals surface area contributed by atoms with Gasteiger partial charge in [0.1, 0.15) is 8.07 Å². The van der Waals surface area contributed by atoms with Gasteiger partial charge in [-0.2, -0.15) is 0 Å². The number of hydrogen-bond acceptors (Lipinski definition) is 1. The zero-order chi connectivity index (χ0) is 21.8. The van der Waals surface area contributed by atoms with Gasteiger partial charge in [-0.05, 0) is 61.8 Å². The summed E-state index contributed by atoms with van der Waals surface area (Å²) in [6.07, 6.45) is 0.